The van der Waals surface area contributed by atoms with Crippen LogP contribution in [-0.2, 0) is 10.0 Å². The van der Waals surface area contributed by atoms with Gasteiger partial charge in [0.15, 0.2) is 0 Å². The molecule has 2 aromatic carbocycles. The summed E-state index contributed by atoms with van der Waals surface area (Å²) in [6.45, 7) is -3.85. The Kier molecular flexibility index (Phi) is 7.38. The lowest BCUT2D eigenvalue weighted by molar-refractivity contribution is -0.385. The quantitative estimate of drug-likeness (QED) is 0.260. The van der Waals surface area contributed by atoms with Crippen molar-refractivity contribution in [1.82, 2.24) is 4.83 Å². The van der Waals surface area contributed by atoms with Crippen molar-refractivity contribution in [2.45, 2.75) is 32.0 Å². The first-order chi connectivity index (χ1) is 14.4. The van der Waals surface area contributed by atoms with Crippen LogP contribution < -0.4 is 14.3 Å². The smallest absolute Gasteiger partial charge is 0.387 e. The standard InChI is InChI=1S/C17H15F4N3O6S/c1-9-3-5-12(8-14(9)24(25)26)31(27,28)23-22-10(2)13-6-4-11(29-16(18)19)7-15(13)30-17(20)21/h3-8,16-17,23H,1-2H3/b22-10-. The number of aryl methyl sites for hydroxylation is 1. The highest BCUT2D eigenvalue weighted by Gasteiger charge is 2.20. The summed E-state index contributed by atoms with van der Waals surface area (Å²) < 4.78 is 83.2. The summed E-state index contributed by atoms with van der Waals surface area (Å²) in [6.07, 6.45) is 0. The highest BCUT2D eigenvalue weighted by molar-refractivity contribution is 7.89. The van der Waals surface area contributed by atoms with Gasteiger partial charge in [-0.05, 0) is 32.0 Å². The number of rotatable bonds is 9. The molecule has 0 aliphatic carbocycles. The summed E-state index contributed by atoms with van der Waals surface area (Å²) in [6, 6.07) is 6.06. The van der Waals surface area contributed by atoms with Gasteiger partial charge in [0.1, 0.15) is 11.5 Å². The van der Waals surface area contributed by atoms with E-state index < -0.39 is 50.3 Å². The molecule has 0 saturated heterocycles. The van der Waals surface area contributed by atoms with E-state index in [1.165, 1.54) is 19.9 Å². The molecule has 14 heteroatoms. The molecule has 0 saturated carbocycles. The second-order valence-corrected chi connectivity index (χ2v) is 7.57. The van der Waals surface area contributed by atoms with E-state index in [2.05, 4.69) is 14.6 Å². The molecular weight excluding hydrogens is 450 g/mol. The topological polar surface area (TPSA) is 120 Å². The van der Waals surface area contributed by atoms with E-state index in [0.717, 1.165) is 30.3 Å². The number of hydrogen-bond acceptors (Lipinski definition) is 7. The van der Waals surface area contributed by atoms with E-state index >= 15 is 0 Å². The average Bonchev–Trinajstić information content (AvgIpc) is 2.65. The van der Waals surface area contributed by atoms with Crippen LogP contribution in [0.15, 0.2) is 46.4 Å². The summed E-state index contributed by atoms with van der Waals surface area (Å²) in [4.78, 5) is 11.6. The minimum atomic E-state index is -4.35. The van der Waals surface area contributed by atoms with Gasteiger partial charge in [-0.2, -0.15) is 35.9 Å². The van der Waals surface area contributed by atoms with Gasteiger partial charge in [-0.1, -0.05) is 6.07 Å². The number of sulfonamides is 1. The van der Waals surface area contributed by atoms with Crippen molar-refractivity contribution in [3.8, 4) is 11.5 Å². The Morgan fingerprint density at radius 2 is 1.74 bits per heavy atom. The molecule has 0 amide bonds. The van der Waals surface area contributed by atoms with Crippen molar-refractivity contribution in [1.29, 1.82) is 0 Å². The van der Waals surface area contributed by atoms with E-state index in [9.17, 15) is 36.1 Å². The van der Waals surface area contributed by atoms with Gasteiger partial charge in [-0.25, -0.2) is 0 Å². The first-order valence-electron chi connectivity index (χ1n) is 8.26. The lowest BCUT2D eigenvalue weighted by atomic mass is 10.1. The van der Waals surface area contributed by atoms with Crippen LogP contribution >= 0.6 is 0 Å². The third kappa shape index (κ3) is 6.28. The predicted molar refractivity (Wildman–Crippen MR) is 100 cm³/mol. The molecule has 0 heterocycles. The van der Waals surface area contributed by atoms with Gasteiger partial charge in [0.05, 0.1) is 15.5 Å². The molecule has 9 nitrogen and oxygen atoms in total. The molecule has 0 atom stereocenters. The molecular formula is C17H15F4N3O6S. The Morgan fingerprint density at radius 3 is 2.32 bits per heavy atom. The van der Waals surface area contributed by atoms with Gasteiger partial charge >= 0.3 is 13.2 Å². The maximum atomic E-state index is 12.7. The molecule has 0 fully saturated rings. The Bertz CT molecular complexity index is 1110. The molecule has 0 spiro atoms. The van der Waals surface area contributed by atoms with Crippen molar-refractivity contribution in [2.75, 3.05) is 0 Å². The Labute approximate surface area is 173 Å². The van der Waals surface area contributed by atoms with E-state index in [4.69, 9.17) is 0 Å². The van der Waals surface area contributed by atoms with Gasteiger partial charge in [0, 0.05) is 23.3 Å². The normalized spacial score (nSPS) is 12.2. The maximum Gasteiger partial charge on any atom is 0.387 e. The van der Waals surface area contributed by atoms with Crippen molar-refractivity contribution in [2.24, 2.45) is 5.10 Å². The molecule has 0 bridgehead atoms. The SMILES string of the molecule is C/C(=N/NS(=O)(=O)c1ccc(C)c([N+](=O)[O-])c1)c1ccc(OC(F)F)cc1OC(F)F. The van der Waals surface area contributed by atoms with Crippen molar-refractivity contribution in [3.05, 3.63) is 57.6 Å². The molecule has 2 aromatic rings. The van der Waals surface area contributed by atoms with Gasteiger partial charge in [0.25, 0.3) is 15.7 Å². The number of hydrogen-bond donors (Lipinski definition) is 1. The fourth-order valence-corrected chi connectivity index (χ4v) is 3.24. The number of nitro benzene ring substituents is 1. The first-order valence-corrected chi connectivity index (χ1v) is 9.74. The molecule has 31 heavy (non-hydrogen) atoms. The third-order valence-corrected chi connectivity index (χ3v) is 5.01. The summed E-state index contributed by atoms with van der Waals surface area (Å²) >= 11 is 0. The van der Waals surface area contributed by atoms with Crippen LogP contribution in [0.25, 0.3) is 0 Å². The number of alkyl halides is 4. The van der Waals surface area contributed by atoms with Gasteiger partial charge in [-0.15, -0.1) is 0 Å². The lowest BCUT2D eigenvalue weighted by Crippen LogP contribution is -2.20. The average molecular weight is 465 g/mol. The summed E-state index contributed by atoms with van der Waals surface area (Å²) in [5.41, 5.74) is -0.488. The zero-order valence-corrected chi connectivity index (χ0v) is 16.7. The molecule has 0 aliphatic heterocycles. The number of nitrogens with zero attached hydrogens (tertiary/aromatic N) is 2. The molecule has 0 radical (unpaired) electrons. The molecule has 0 aromatic heterocycles. The molecule has 1 N–H and O–H groups in total. The monoisotopic (exact) mass is 465 g/mol. The number of nitro groups is 1. The van der Waals surface area contributed by atoms with Crippen LogP contribution in [-0.4, -0.2) is 32.3 Å². The van der Waals surface area contributed by atoms with Crippen molar-refractivity contribution in [3.63, 3.8) is 0 Å². The van der Waals surface area contributed by atoms with E-state index in [1.807, 2.05) is 4.83 Å². The van der Waals surface area contributed by atoms with Gasteiger partial charge in [0.2, 0.25) is 0 Å². The van der Waals surface area contributed by atoms with Gasteiger partial charge < -0.3 is 9.47 Å². The summed E-state index contributed by atoms with van der Waals surface area (Å²) in [5.74, 6) is -1.05. The minimum Gasteiger partial charge on any atom is -0.435 e. The third-order valence-electron chi connectivity index (χ3n) is 3.81. The van der Waals surface area contributed by atoms with Crippen LogP contribution in [0.2, 0.25) is 0 Å². The number of nitrogens with one attached hydrogen (secondary N) is 1. The largest absolute Gasteiger partial charge is 0.435 e. The Balaban J connectivity index is 2.36. The summed E-state index contributed by atoms with van der Waals surface area (Å²) in [5, 5.41) is 14.6. The molecule has 168 valence electrons. The Hall–Kier alpha value is -3.42. The van der Waals surface area contributed by atoms with Crippen LogP contribution in [0.3, 0.4) is 0 Å². The molecule has 0 aliphatic rings. The zero-order chi connectivity index (χ0) is 23.3. The van der Waals surface area contributed by atoms with Crippen molar-refractivity contribution < 1.29 is 40.4 Å². The predicted octanol–water partition coefficient (Wildman–Crippen LogP) is 3.81. The fourth-order valence-electron chi connectivity index (χ4n) is 2.37. The second-order valence-electron chi connectivity index (χ2n) is 5.91. The highest BCUT2D eigenvalue weighted by Crippen LogP contribution is 2.28. The zero-order valence-electron chi connectivity index (χ0n) is 15.9. The van der Waals surface area contributed by atoms with E-state index in [1.54, 1.807) is 0 Å². The molecule has 0 unspecified atom stereocenters. The minimum absolute atomic E-state index is 0.139. The number of benzene rings is 2. The van der Waals surface area contributed by atoms with Crippen LogP contribution in [0.1, 0.15) is 18.1 Å². The molecule has 2 rings (SSSR count). The van der Waals surface area contributed by atoms with E-state index in [0.29, 0.717) is 0 Å². The second kappa shape index (κ2) is 9.59. The number of hydrazone groups is 1. The van der Waals surface area contributed by atoms with Gasteiger partial charge in [-0.3, -0.25) is 10.1 Å². The van der Waals surface area contributed by atoms with Crippen LogP contribution in [0, 0.1) is 17.0 Å². The number of halogens is 4. The van der Waals surface area contributed by atoms with Crippen LogP contribution in [0.4, 0.5) is 23.2 Å². The van der Waals surface area contributed by atoms with E-state index in [-0.39, 0.29) is 16.8 Å². The summed E-state index contributed by atoms with van der Waals surface area (Å²) in [7, 11) is -4.35. The highest BCUT2D eigenvalue weighted by atomic mass is 32.2. The fraction of sp³-hybridized carbons (Fsp3) is 0.235. The van der Waals surface area contributed by atoms with Crippen molar-refractivity contribution >= 4 is 21.4 Å². The maximum absolute atomic E-state index is 12.7. The first kappa shape index (κ1) is 23.9. The van der Waals surface area contributed by atoms with Crippen LogP contribution in [0.5, 0.6) is 11.5 Å². The Morgan fingerprint density at radius 1 is 1.10 bits per heavy atom. The number of ether oxygens (including phenoxy) is 2. The lowest BCUT2D eigenvalue weighted by Gasteiger charge is -2.13.